The second-order valence-corrected chi connectivity index (χ2v) is 7.09. The van der Waals surface area contributed by atoms with Gasteiger partial charge in [0.15, 0.2) is 0 Å². The first-order valence-electron chi connectivity index (χ1n) is 8.48. The molecule has 5 unspecified atom stereocenters. The van der Waals surface area contributed by atoms with Gasteiger partial charge in [0.1, 0.15) is 11.5 Å². The van der Waals surface area contributed by atoms with E-state index in [1.165, 1.54) is 12.8 Å². The van der Waals surface area contributed by atoms with Crippen LogP contribution in [0.25, 0.3) is 0 Å². The fraction of sp³-hybridized carbons (Fsp3) is 0.579. The summed E-state index contributed by atoms with van der Waals surface area (Å²) in [6.45, 7) is 2.98. The molecule has 1 fully saturated rings. The largest absolute Gasteiger partial charge is 0.497 e. The highest BCUT2D eigenvalue weighted by Gasteiger charge is 2.35. The quantitative estimate of drug-likeness (QED) is 0.805. The smallest absolute Gasteiger partial charge is 0.217 e. The molecule has 0 saturated heterocycles. The second-order valence-electron chi connectivity index (χ2n) is 7.09. The molecule has 0 aromatic rings. The summed E-state index contributed by atoms with van der Waals surface area (Å²) in [5.74, 6) is 4.58. The van der Waals surface area contributed by atoms with E-state index in [1.807, 2.05) is 12.2 Å². The average molecular weight is 300 g/mol. The lowest BCUT2D eigenvalue weighted by atomic mass is 9.90. The van der Waals surface area contributed by atoms with Crippen molar-refractivity contribution in [2.75, 3.05) is 6.61 Å². The van der Waals surface area contributed by atoms with Crippen molar-refractivity contribution in [3.05, 3.63) is 47.5 Å². The van der Waals surface area contributed by atoms with E-state index < -0.39 is 6.29 Å². The summed E-state index contributed by atoms with van der Waals surface area (Å²) in [5, 5.41) is 9.56. The number of rotatable bonds is 4. The molecule has 2 bridgehead atoms. The van der Waals surface area contributed by atoms with E-state index in [0.717, 1.165) is 54.3 Å². The summed E-state index contributed by atoms with van der Waals surface area (Å²) < 4.78 is 11.5. The molecular weight excluding hydrogens is 276 g/mol. The molecule has 1 aliphatic heterocycles. The van der Waals surface area contributed by atoms with Crippen LogP contribution in [0, 0.1) is 23.7 Å². The number of ether oxygens (including phenoxy) is 2. The number of allylic oxidation sites excluding steroid dienone is 6. The molecule has 3 heteroatoms. The molecular formula is C19H24O3. The first-order valence-corrected chi connectivity index (χ1v) is 8.48. The standard InChI is InChI=1S/C19H24O3/c1-12-8-16-4-5-19(20)22-18(16)11-17(12)21-7-6-15-10-13-2-3-14(15)9-13/h2-5,11-15,19-20H,6-10H2,1H3. The number of aliphatic hydroxyl groups is 1. The van der Waals surface area contributed by atoms with Gasteiger partial charge < -0.3 is 14.6 Å². The van der Waals surface area contributed by atoms with Crippen LogP contribution in [0.1, 0.15) is 32.6 Å². The van der Waals surface area contributed by atoms with Gasteiger partial charge in [-0.25, -0.2) is 0 Å². The molecule has 3 nitrogen and oxygen atoms in total. The molecule has 1 saturated carbocycles. The number of aliphatic hydroxyl groups excluding tert-OH is 1. The lowest BCUT2D eigenvalue weighted by molar-refractivity contribution is -0.0274. The van der Waals surface area contributed by atoms with Crippen LogP contribution in [0.4, 0.5) is 0 Å². The van der Waals surface area contributed by atoms with Gasteiger partial charge in [-0.05, 0) is 55.1 Å². The predicted molar refractivity (Wildman–Crippen MR) is 84.5 cm³/mol. The number of hydrogen-bond acceptors (Lipinski definition) is 3. The summed E-state index contributed by atoms with van der Waals surface area (Å²) in [6.07, 6.45) is 14.4. The lowest BCUT2D eigenvalue weighted by Gasteiger charge is -2.28. The van der Waals surface area contributed by atoms with Gasteiger partial charge >= 0.3 is 0 Å². The summed E-state index contributed by atoms with van der Waals surface area (Å²) in [7, 11) is 0. The maximum Gasteiger partial charge on any atom is 0.217 e. The van der Waals surface area contributed by atoms with Crippen molar-refractivity contribution in [3.63, 3.8) is 0 Å². The zero-order valence-corrected chi connectivity index (χ0v) is 13.1. The number of hydrogen-bond donors (Lipinski definition) is 1. The van der Waals surface area contributed by atoms with E-state index in [1.54, 1.807) is 6.08 Å². The average Bonchev–Trinajstić information content (AvgIpc) is 3.11. The molecule has 1 N–H and O–H groups in total. The first kappa shape index (κ1) is 14.1. The Balaban J connectivity index is 1.35. The van der Waals surface area contributed by atoms with E-state index in [0.29, 0.717) is 5.92 Å². The summed E-state index contributed by atoms with van der Waals surface area (Å²) in [6, 6.07) is 0. The van der Waals surface area contributed by atoms with Crippen LogP contribution >= 0.6 is 0 Å². The molecule has 5 atom stereocenters. The highest BCUT2D eigenvalue weighted by atomic mass is 16.6. The van der Waals surface area contributed by atoms with Gasteiger partial charge in [0.05, 0.1) is 6.61 Å². The third-order valence-corrected chi connectivity index (χ3v) is 5.49. The van der Waals surface area contributed by atoms with Gasteiger partial charge in [0, 0.05) is 12.0 Å². The zero-order valence-electron chi connectivity index (χ0n) is 13.1. The Morgan fingerprint density at radius 3 is 2.95 bits per heavy atom. The van der Waals surface area contributed by atoms with Crippen molar-refractivity contribution in [2.24, 2.45) is 23.7 Å². The first-order chi connectivity index (χ1) is 10.7. The Labute approximate surface area is 132 Å². The molecule has 0 spiro atoms. The minimum absolute atomic E-state index is 0.377. The maximum atomic E-state index is 9.56. The van der Waals surface area contributed by atoms with Crippen molar-refractivity contribution in [3.8, 4) is 0 Å². The fourth-order valence-corrected chi connectivity index (χ4v) is 4.26. The van der Waals surface area contributed by atoms with Gasteiger partial charge in [-0.3, -0.25) is 0 Å². The van der Waals surface area contributed by atoms with Crippen LogP contribution in [0.5, 0.6) is 0 Å². The Kier molecular flexibility index (Phi) is 3.61. The van der Waals surface area contributed by atoms with Crippen LogP contribution in [0.15, 0.2) is 47.5 Å². The Morgan fingerprint density at radius 2 is 2.18 bits per heavy atom. The van der Waals surface area contributed by atoms with Crippen LogP contribution < -0.4 is 0 Å². The molecule has 22 heavy (non-hydrogen) atoms. The van der Waals surface area contributed by atoms with E-state index in [2.05, 4.69) is 19.1 Å². The molecule has 0 aromatic carbocycles. The van der Waals surface area contributed by atoms with Crippen LogP contribution in [0.3, 0.4) is 0 Å². The molecule has 3 aliphatic carbocycles. The van der Waals surface area contributed by atoms with Gasteiger partial charge in [-0.2, -0.15) is 0 Å². The summed E-state index contributed by atoms with van der Waals surface area (Å²) >= 11 is 0. The second kappa shape index (κ2) is 5.62. The predicted octanol–water partition coefficient (Wildman–Crippen LogP) is 3.69. The third kappa shape index (κ3) is 2.63. The van der Waals surface area contributed by atoms with Gasteiger partial charge in [0.2, 0.25) is 6.29 Å². The van der Waals surface area contributed by atoms with Crippen molar-refractivity contribution >= 4 is 0 Å². The van der Waals surface area contributed by atoms with Crippen LogP contribution in [0.2, 0.25) is 0 Å². The zero-order chi connectivity index (χ0) is 15.1. The minimum atomic E-state index is -0.828. The lowest BCUT2D eigenvalue weighted by Crippen LogP contribution is -2.19. The summed E-state index contributed by atoms with van der Waals surface area (Å²) in [4.78, 5) is 0. The molecule has 118 valence electrons. The van der Waals surface area contributed by atoms with Crippen LogP contribution in [-0.2, 0) is 9.47 Å². The van der Waals surface area contributed by atoms with Gasteiger partial charge in [0.25, 0.3) is 0 Å². The van der Waals surface area contributed by atoms with E-state index in [4.69, 9.17) is 9.47 Å². The fourth-order valence-electron chi connectivity index (χ4n) is 4.26. The topological polar surface area (TPSA) is 38.7 Å². The van der Waals surface area contributed by atoms with Crippen molar-refractivity contribution in [2.45, 2.75) is 38.9 Å². The van der Waals surface area contributed by atoms with E-state index in [-0.39, 0.29) is 0 Å². The SMILES string of the molecule is CC1CC2=C(C=C1OCCC1CC3C=CC1C3)OC(O)C=C2. The van der Waals surface area contributed by atoms with E-state index >= 15 is 0 Å². The van der Waals surface area contributed by atoms with Crippen molar-refractivity contribution in [1.82, 2.24) is 0 Å². The Hall–Kier alpha value is -1.48. The molecule has 0 radical (unpaired) electrons. The normalized spacial score (nSPS) is 38.8. The molecule has 4 aliphatic rings. The highest BCUT2D eigenvalue weighted by molar-refractivity contribution is 5.37. The van der Waals surface area contributed by atoms with Crippen molar-refractivity contribution in [1.29, 1.82) is 0 Å². The summed E-state index contributed by atoms with van der Waals surface area (Å²) in [5.41, 5.74) is 1.16. The monoisotopic (exact) mass is 300 g/mol. The maximum absolute atomic E-state index is 9.56. The Morgan fingerprint density at radius 1 is 1.27 bits per heavy atom. The van der Waals surface area contributed by atoms with Gasteiger partial charge in [-0.1, -0.05) is 25.2 Å². The van der Waals surface area contributed by atoms with Crippen LogP contribution in [-0.4, -0.2) is 18.0 Å². The number of fused-ring (bicyclic) bond motifs is 2. The van der Waals surface area contributed by atoms with Gasteiger partial charge in [-0.15, -0.1) is 0 Å². The molecule has 4 rings (SSSR count). The Bertz CT molecular complexity index is 569. The molecule has 0 aromatic heterocycles. The minimum Gasteiger partial charge on any atom is -0.497 e. The molecule has 1 heterocycles. The third-order valence-electron chi connectivity index (χ3n) is 5.49. The highest BCUT2D eigenvalue weighted by Crippen LogP contribution is 2.45. The van der Waals surface area contributed by atoms with E-state index in [9.17, 15) is 5.11 Å². The van der Waals surface area contributed by atoms with Crippen molar-refractivity contribution < 1.29 is 14.6 Å². The molecule has 0 amide bonds.